The summed E-state index contributed by atoms with van der Waals surface area (Å²) in [6.45, 7) is 2.12. The first-order chi connectivity index (χ1) is 8.13. The number of aliphatic carboxylic acids is 1. The molecular weight excluding hydrogens is 214 g/mol. The van der Waals surface area contributed by atoms with Crippen LogP contribution in [0.4, 0.5) is 0 Å². The number of carboxylic acid groups (broad SMARTS) is 1. The molecule has 100 valence electrons. The summed E-state index contributed by atoms with van der Waals surface area (Å²) < 4.78 is 0. The third kappa shape index (κ3) is 5.53. The third-order valence-electron chi connectivity index (χ3n) is 4.21. The van der Waals surface area contributed by atoms with E-state index in [1.165, 1.54) is 38.5 Å². The zero-order chi connectivity index (χ0) is 12.7. The maximum atomic E-state index is 10.7. The topological polar surface area (TPSA) is 63.3 Å². The molecule has 0 aromatic rings. The Labute approximate surface area is 105 Å². The molecule has 0 aromatic carbocycles. The van der Waals surface area contributed by atoms with E-state index in [2.05, 4.69) is 6.92 Å². The molecular formula is C14H27NO2. The lowest BCUT2D eigenvalue weighted by molar-refractivity contribution is -0.137. The smallest absolute Gasteiger partial charge is 0.304 e. The zero-order valence-corrected chi connectivity index (χ0v) is 11.0. The Balaban J connectivity index is 2.27. The number of hydrogen-bond donors (Lipinski definition) is 2. The van der Waals surface area contributed by atoms with Gasteiger partial charge in [-0.15, -0.1) is 0 Å². The molecule has 0 bridgehead atoms. The molecule has 3 N–H and O–H groups in total. The predicted molar refractivity (Wildman–Crippen MR) is 69.8 cm³/mol. The van der Waals surface area contributed by atoms with E-state index in [1.807, 2.05) is 0 Å². The van der Waals surface area contributed by atoms with Crippen molar-refractivity contribution in [2.24, 2.45) is 17.6 Å². The summed E-state index contributed by atoms with van der Waals surface area (Å²) in [7, 11) is 0. The molecule has 1 aliphatic rings. The fourth-order valence-electron chi connectivity index (χ4n) is 3.01. The van der Waals surface area contributed by atoms with Crippen LogP contribution in [0.3, 0.4) is 0 Å². The first-order valence-corrected chi connectivity index (χ1v) is 7.10. The number of carbonyl (C=O) groups is 1. The highest BCUT2D eigenvalue weighted by Crippen LogP contribution is 2.30. The minimum atomic E-state index is -0.770. The molecule has 0 spiro atoms. The summed E-state index contributed by atoms with van der Waals surface area (Å²) in [5.74, 6) is 0.483. The Morgan fingerprint density at radius 3 is 2.53 bits per heavy atom. The Morgan fingerprint density at radius 1 is 1.35 bits per heavy atom. The van der Waals surface area contributed by atoms with Crippen LogP contribution in [0.15, 0.2) is 0 Å². The molecule has 2 atom stereocenters. The first kappa shape index (κ1) is 14.5. The van der Waals surface area contributed by atoms with E-state index < -0.39 is 5.97 Å². The molecule has 3 nitrogen and oxygen atoms in total. The Bertz CT molecular complexity index is 224. The second-order valence-electron chi connectivity index (χ2n) is 5.51. The van der Waals surface area contributed by atoms with Gasteiger partial charge in [0.25, 0.3) is 0 Å². The van der Waals surface area contributed by atoms with E-state index in [9.17, 15) is 4.79 Å². The van der Waals surface area contributed by atoms with Crippen LogP contribution in [0.5, 0.6) is 0 Å². The van der Waals surface area contributed by atoms with Gasteiger partial charge in [0.1, 0.15) is 0 Å². The van der Waals surface area contributed by atoms with Gasteiger partial charge in [0.2, 0.25) is 0 Å². The molecule has 3 heteroatoms. The van der Waals surface area contributed by atoms with Gasteiger partial charge in [-0.3, -0.25) is 4.79 Å². The van der Waals surface area contributed by atoms with Gasteiger partial charge in [0, 0.05) is 6.04 Å². The van der Waals surface area contributed by atoms with Gasteiger partial charge < -0.3 is 10.8 Å². The summed E-state index contributed by atoms with van der Waals surface area (Å²) in [6.07, 6.45) is 10.3. The highest BCUT2D eigenvalue weighted by molar-refractivity contribution is 5.67. The maximum absolute atomic E-state index is 10.7. The van der Waals surface area contributed by atoms with Gasteiger partial charge in [0.15, 0.2) is 0 Å². The molecule has 1 rings (SSSR count). The average molecular weight is 241 g/mol. The van der Waals surface area contributed by atoms with Crippen molar-refractivity contribution in [1.29, 1.82) is 0 Å². The van der Waals surface area contributed by atoms with Crippen LogP contribution in [0, 0.1) is 11.8 Å². The zero-order valence-electron chi connectivity index (χ0n) is 11.0. The minimum Gasteiger partial charge on any atom is -0.481 e. The number of carboxylic acids is 1. The van der Waals surface area contributed by atoms with Crippen molar-refractivity contribution in [2.75, 3.05) is 0 Å². The van der Waals surface area contributed by atoms with Crippen LogP contribution in [0.2, 0.25) is 0 Å². The molecule has 0 saturated heterocycles. The van der Waals surface area contributed by atoms with Crippen LogP contribution in [-0.2, 0) is 4.79 Å². The Kier molecular flexibility index (Phi) is 6.56. The van der Waals surface area contributed by atoms with Crippen LogP contribution in [0.1, 0.15) is 64.7 Å². The van der Waals surface area contributed by atoms with Crippen LogP contribution < -0.4 is 5.73 Å². The lowest BCUT2D eigenvalue weighted by atomic mass is 9.81. The lowest BCUT2D eigenvalue weighted by Gasteiger charge is -2.26. The highest BCUT2D eigenvalue weighted by Gasteiger charge is 2.21. The van der Waals surface area contributed by atoms with E-state index in [-0.39, 0.29) is 12.5 Å². The van der Waals surface area contributed by atoms with Gasteiger partial charge in [-0.25, -0.2) is 0 Å². The van der Waals surface area contributed by atoms with E-state index in [0.717, 1.165) is 18.8 Å². The second-order valence-corrected chi connectivity index (χ2v) is 5.51. The van der Waals surface area contributed by atoms with Crippen molar-refractivity contribution in [2.45, 2.75) is 70.8 Å². The second kappa shape index (κ2) is 7.70. The molecule has 0 aromatic heterocycles. The maximum Gasteiger partial charge on any atom is 0.304 e. The fourth-order valence-corrected chi connectivity index (χ4v) is 3.01. The van der Waals surface area contributed by atoms with Crippen molar-refractivity contribution in [3.8, 4) is 0 Å². The van der Waals surface area contributed by atoms with E-state index in [1.54, 1.807) is 0 Å². The molecule has 0 radical (unpaired) electrons. The quantitative estimate of drug-likeness (QED) is 0.719. The fraction of sp³-hybridized carbons (Fsp3) is 0.929. The van der Waals surface area contributed by atoms with E-state index in [4.69, 9.17) is 10.8 Å². The monoisotopic (exact) mass is 241 g/mol. The van der Waals surface area contributed by atoms with Crippen molar-refractivity contribution in [1.82, 2.24) is 0 Å². The SMILES string of the molecule is CCC(CCC1CCCCC1)C(N)CC(=O)O. The van der Waals surface area contributed by atoms with E-state index in [0.29, 0.717) is 5.92 Å². The van der Waals surface area contributed by atoms with Crippen molar-refractivity contribution in [3.63, 3.8) is 0 Å². The highest BCUT2D eigenvalue weighted by atomic mass is 16.4. The summed E-state index contributed by atoms with van der Waals surface area (Å²) in [6, 6.07) is -0.166. The molecule has 17 heavy (non-hydrogen) atoms. The Hall–Kier alpha value is -0.570. The molecule has 0 aliphatic heterocycles. The largest absolute Gasteiger partial charge is 0.481 e. The van der Waals surface area contributed by atoms with E-state index >= 15 is 0 Å². The molecule has 1 saturated carbocycles. The lowest BCUT2D eigenvalue weighted by Crippen LogP contribution is -2.32. The number of hydrogen-bond acceptors (Lipinski definition) is 2. The summed E-state index contributed by atoms with van der Waals surface area (Å²) in [5.41, 5.74) is 5.96. The standard InChI is InChI=1S/C14H27NO2/c1-2-12(13(15)10-14(16)17)9-8-11-6-4-3-5-7-11/h11-13H,2-10,15H2,1H3,(H,16,17). The number of rotatable bonds is 7. The molecule has 0 amide bonds. The van der Waals surface area contributed by atoms with Gasteiger partial charge in [0.05, 0.1) is 6.42 Å². The van der Waals surface area contributed by atoms with Crippen LogP contribution >= 0.6 is 0 Å². The summed E-state index contributed by atoms with van der Waals surface area (Å²) in [4.78, 5) is 10.7. The van der Waals surface area contributed by atoms with Crippen LogP contribution in [0.25, 0.3) is 0 Å². The number of nitrogens with two attached hydrogens (primary N) is 1. The molecule has 0 heterocycles. The minimum absolute atomic E-state index is 0.114. The average Bonchev–Trinajstić information content (AvgIpc) is 2.30. The molecule has 1 aliphatic carbocycles. The predicted octanol–water partition coefficient (Wildman–Crippen LogP) is 3.18. The van der Waals surface area contributed by atoms with Gasteiger partial charge >= 0.3 is 5.97 Å². The summed E-state index contributed by atoms with van der Waals surface area (Å²) >= 11 is 0. The van der Waals surface area contributed by atoms with Gasteiger partial charge in [-0.05, 0) is 18.3 Å². The van der Waals surface area contributed by atoms with Gasteiger partial charge in [-0.1, -0.05) is 51.9 Å². The molecule has 2 unspecified atom stereocenters. The van der Waals surface area contributed by atoms with Gasteiger partial charge in [-0.2, -0.15) is 0 Å². The Morgan fingerprint density at radius 2 is 2.00 bits per heavy atom. The van der Waals surface area contributed by atoms with Crippen molar-refractivity contribution >= 4 is 5.97 Å². The van der Waals surface area contributed by atoms with Crippen LogP contribution in [-0.4, -0.2) is 17.1 Å². The normalized spacial score (nSPS) is 21.1. The first-order valence-electron chi connectivity index (χ1n) is 7.10. The third-order valence-corrected chi connectivity index (χ3v) is 4.21. The molecule has 1 fully saturated rings. The summed E-state index contributed by atoms with van der Waals surface area (Å²) in [5, 5.41) is 8.77. The van der Waals surface area contributed by atoms with Crippen molar-refractivity contribution < 1.29 is 9.90 Å². The van der Waals surface area contributed by atoms with Crippen molar-refractivity contribution in [3.05, 3.63) is 0 Å².